The van der Waals surface area contributed by atoms with Crippen LogP contribution in [0.2, 0.25) is 0 Å². The molecule has 0 bridgehead atoms. The number of pyridine rings is 2. The summed E-state index contributed by atoms with van der Waals surface area (Å²) < 4.78 is 19.5. The molecule has 1 fully saturated rings. The number of hydrogen-bond donors (Lipinski definition) is 1. The second kappa shape index (κ2) is 7.25. The molecule has 1 saturated heterocycles. The minimum absolute atomic E-state index is 0.188. The van der Waals surface area contributed by atoms with Gasteiger partial charge in [-0.15, -0.1) is 0 Å². The van der Waals surface area contributed by atoms with E-state index in [2.05, 4.69) is 9.97 Å². The number of rotatable bonds is 5. The molecule has 0 spiro atoms. The average Bonchev–Trinajstić information content (AvgIpc) is 2.61. The summed E-state index contributed by atoms with van der Waals surface area (Å²) in [6.45, 7) is 2.02. The minimum Gasteiger partial charge on any atom is -0.493 e. The van der Waals surface area contributed by atoms with E-state index in [1.807, 2.05) is 4.90 Å². The van der Waals surface area contributed by atoms with Gasteiger partial charge in [0.05, 0.1) is 6.61 Å². The van der Waals surface area contributed by atoms with Crippen molar-refractivity contribution in [1.82, 2.24) is 9.97 Å². The fraction of sp³-hybridized carbons (Fsp3) is 0.353. The summed E-state index contributed by atoms with van der Waals surface area (Å²) in [6, 6.07) is 6.26. The van der Waals surface area contributed by atoms with Gasteiger partial charge in [-0.3, -0.25) is 9.78 Å². The largest absolute Gasteiger partial charge is 0.493 e. The second-order valence-electron chi connectivity index (χ2n) is 5.79. The Kier molecular flexibility index (Phi) is 4.88. The van der Waals surface area contributed by atoms with E-state index in [9.17, 15) is 9.18 Å². The predicted molar refractivity (Wildman–Crippen MR) is 87.4 cm³/mol. The van der Waals surface area contributed by atoms with E-state index >= 15 is 0 Å². The summed E-state index contributed by atoms with van der Waals surface area (Å²) in [7, 11) is 0. The Bertz CT molecular complexity index is 717. The zero-order chi connectivity index (χ0) is 16.9. The maximum Gasteiger partial charge on any atom is 0.267 e. The van der Waals surface area contributed by atoms with Crippen molar-refractivity contribution in [3.63, 3.8) is 0 Å². The highest BCUT2D eigenvalue weighted by atomic mass is 19.1. The average molecular weight is 330 g/mol. The zero-order valence-electron chi connectivity index (χ0n) is 13.2. The van der Waals surface area contributed by atoms with Crippen LogP contribution in [-0.4, -0.2) is 35.6 Å². The first-order valence-electron chi connectivity index (χ1n) is 7.87. The topological polar surface area (TPSA) is 81.3 Å². The van der Waals surface area contributed by atoms with Gasteiger partial charge in [0.25, 0.3) is 5.91 Å². The van der Waals surface area contributed by atoms with Crippen molar-refractivity contribution in [3.05, 3.63) is 48.2 Å². The predicted octanol–water partition coefficient (Wildman–Crippen LogP) is 2.01. The molecular weight excluding hydrogens is 311 g/mol. The summed E-state index contributed by atoms with van der Waals surface area (Å²) in [5.41, 5.74) is 5.39. The van der Waals surface area contributed by atoms with Gasteiger partial charge in [-0.1, -0.05) is 0 Å². The Morgan fingerprint density at radius 1 is 1.29 bits per heavy atom. The van der Waals surface area contributed by atoms with E-state index in [1.54, 1.807) is 24.4 Å². The SMILES string of the molecule is NC(=O)c1cc(OCC2CCN(c3ncccc3F)CC2)ccn1. The molecule has 1 aliphatic rings. The lowest BCUT2D eigenvalue weighted by Gasteiger charge is -2.32. The molecule has 1 aliphatic heterocycles. The second-order valence-corrected chi connectivity index (χ2v) is 5.79. The summed E-state index contributed by atoms with van der Waals surface area (Å²) >= 11 is 0. The number of nitrogens with two attached hydrogens (primary N) is 1. The molecule has 0 aromatic carbocycles. The van der Waals surface area contributed by atoms with Crippen LogP contribution in [0.1, 0.15) is 23.3 Å². The number of primary amides is 1. The normalized spacial score (nSPS) is 15.3. The maximum atomic E-state index is 13.8. The Morgan fingerprint density at radius 3 is 2.79 bits per heavy atom. The van der Waals surface area contributed by atoms with Gasteiger partial charge < -0.3 is 15.4 Å². The van der Waals surface area contributed by atoms with E-state index in [0.717, 1.165) is 25.9 Å². The third-order valence-corrected chi connectivity index (χ3v) is 4.12. The summed E-state index contributed by atoms with van der Waals surface area (Å²) in [5, 5.41) is 0. The Hall–Kier alpha value is -2.70. The number of hydrogen-bond acceptors (Lipinski definition) is 5. The van der Waals surface area contributed by atoms with Crippen molar-refractivity contribution in [2.75, 3.05) is 24.6 Å². The Labute approximate surface area is 139 Å². The molecule has 3 heterocycles. The highest BCUT2D eigenvalue weighted by molar-refractivity contribution is 5.91. The van der Waals surface area contributed by atoms with Crippen molar-refractivity contribution < 1.29 is 13.9 Å². The number of piperidine rings is 1. The summed E-state index contributed by atoms with van der Waals surface area (Å²) in [4.78, 5) is 21.1. The van der Waals surface area contributed by atoms with Gasteiger partial charge in [0.2, 0.25) is 0 Å². The van der Waals surface area contributed by atoms with Crippen LogP contribution in [-0.2, 0) is 0 Å². The first-order valence-corrected chi connectivity index (χ1v) is 7.87. The van der Waals surface area contributed by atoms with Crippen molar-refractivity contribution in [2.45, 2.75) is 12.8 Å². The molecule has 1 amide bonds. The van der Waals surface area contributed by atoms with Crippen LogP contribution in [0.4, 0.5) is 10.2 Å². The molecule has 0 unspecified atom stereocenters. The first-order chi connectivity index (χ1) is 11.6. The molecule has 7 heteroatoms. The quantitative estimate of drug-likeness (QED) is 0.907. The fourth-order valence-corrected chi connectivity index (χ4v) is 2.77. The van der Waals surface area contributed by atoms with Gasteiger partial charge >= 0.3 is 0 Å². The van der Waals surface area contributed by atoms with Gasteiger partial charge in [0, 0.05) is 31.5 Å². The number of carbonyl (C=O) groups is 1. The van der Waals surface area contributed by atoms with Gasteiger partial charge in [0.1, 0.15) is 11.4 Å². The van der Waals surface area contributed by atoms with Crippen LogP contribution < -0.4 is 15.4 Å². The standard InChI is InChI=1S/C17H19FN4O2/c18-14-2-1-6-21-17(14)22-8-4-12(5-9-22)11-24-13-3-7-20-15(10-13)16(19)23/h1-3,6-7,10,12H,4-5,8-9,11H2,(H2,19,23). The zero-order valence-corrected chi connectivity index (χ0v) is 13.2. The molecule has 3 rings (SSSR count). The number of amides is 1. The van der Waals surface area contributed by atoms with Crippen LogP contribution in [0.5, 0.6) is 5.75 Å². The first kappa shape index (κ1) is 16.2. The molecule has 0 aliphatic carbocycles. The number of ether oxygens (including phenoxy) is 1. The van der Waals surface area contributed by atoms with Gasteiger partial charge in [-0.25, -0.2) is 9.37 Å². The van der Waals surface area contributed by atoms with Crippen LogP contribution in [0, 0.1) is 11.7 Å². The number of nitrogens with zero attached hydrogens (tertiary/aromatic N) is 3. The summed E-state index contributed by atoms with van der Waals surface area (Å²) in [6.07, 6.45) is 4.89. The lowest BCUT2D eigenvalue weighted by atomic mass is 9.98. The number of halogens is 1. The fourth-order valence-electron chi connectivity index (χ4n) is 2.77. The molecule has 2 N–H and O–H groups in total. The van der Waals surface area contributed by atoms with Crippen LogP contribution in [0.25, 0.3) is 0 Å². The third-order valence-electron chi connectivity index (χ3n) is 4.12. The summed E-state index contributed by atoms with van der Waals surface area (Å²) in [5.74, 6) is 0.501. The molecule has 0 saturated carbocycles. The molecule has 0 atom stereocenters. The third kappa shape index (κ3) is 3.79. The molecule has 0 radical (unpaired) electrons. The molecule has 126 valence electrons. The van der Waals surface area contributed by atoms with E-state index in [0.29, 0.717) is 24.1 Å². The number of aromatic nitrogens is 2. The lowest BCUT2D eigenvalue weighted by molar-refractivity contribution is 0.0995. The smallest absolute Gasteiger partial charge is 0.267 e. The highest BCUT2D eigenvalue weighted by Gasteiger charge is 2.22. The van der Waals surface area contributed by atoms with Crippen LogP contribution in [0.3, 0.4) is 0 Å². The molecular formula is C17H19FN4O2. The highest BCUT2D eigenvalue weighted by Crippen LogP contribution is 2.24. The molecule has 24 heavy (non-hydrogen) atoms. The lowest BCUT2D eigenvalue weighted by Crippen LogP contribution is -2.36. The number of carbonyl (C=O) groups excluding carboxylic acids is 1. The van der Waals surface area contributed by atoms with E-state index in [4.69, 9.17) is 10.5 Å². The minimum atomic E-state index is -0.578. The Balaban J connectivity index is 1.52. The van der Waals surface area contributed by atoms with Crippen LogP contribution >= 0.6 is 0 Å². The molecule has 2 aromatic rings. The van der Waals surface area contributed by atoms with Gasteiger partial charge in [0.15, 0.2) is 11.6 Å². The van der Waals surface area contributed by atoms with E-state index in [-0.39, 0.29) is 11.5 Å². The molecule has 2 aromatic heterocycles. The maximum absolute atomic E-state index is 13.8. The van der Waals surface area contributed by atoms with E-state index < -0.39 is 5.91 Å². The van der Waals surface area contributed by atoms with Crippen LogP contribution in [0.15, 0.2) is 36.7 Å². The van der Waals surface area contributed by atoms with Crippen molar-refractivity contribution >= 4 is 11.7 Å². The van der Waals surface area contributed by atoms with Crippen molar-refractivity contribution in [3.8, 4) is 5.75 Å². The monoisotopic (exact) mass is 330 g/mol. The molecule has 6 nitrogen and oxygen atoms in total. The Morgan fingerprint density at radius 2 is 2.08 bits per heavy atom. The van der Waals surface area contributed by atoms with E-state index in [1.165, 1.54) is 12.3 Å². The van der Waals surface area contributed by atoms with Gasteiger partial charge in [-0.2, -0.15) is 0 Å². The van der Waals surface area contributed by atoms with Crippen molar-refractivity contribution in [2.24, 2.45) is 11.7 Å². The number of anilines is 1. The van der Waals surface area contributed by atoms with Crippen molar-refractivity contribution in [1.29, 1.82) is 0 Å². The van der Waals surface area contributed by atoms with Gasteiger partial charge in [-0.05, 0) is 37.0 Å².